The summed E-state index contributed by atoms with van der Waals surface area (Å²) in [4.78, 5) is 6.96. The van der Waals surface area contributed by atoms with Crippen molar-refractivity contribution in [2.24, 2.45) is 0 Å². The number of nitriles is 1. The standard InChI is InChI=1S/C9H8N4/c1-5-2-3-6(4-10)8-7(5)12-9(11)13-8/h2-3H,1H3,(H3,11,12,13). The van der Waals surface area contributed by atoms with Crippen LogP contribution in [0.15, 0.2) is 12.1 Å². The second-order valence-electron chi connectivity index (χ2n) is 2.89. The average Bonchev–Trinajstić information content (AvgIpc) is 2.48. The zero-order chi connectivity index (χ0) is 9.42. The topological polar surface area (TPSA) is 78.5 Å². The molecule has 4 nitrogen and oxygen atoms in total. The third kappa shape index (κ3) is 1.02. The van der Waals surface area contributed by atoms with E-state index in [-0.39, 0.29) is 0 Å². The lowest BCUT2D eigenvalue weighted by molar-refractivity contribution is 1.35. The molecule has 0 fully saturated rings. The molecule has 0 bridgehead atoms. The summed E-state index contributed by atoms with van der Waals surface area (Å²) in [6.45, 7) is 1.93. The van der Waals surface area contributed by atoms with Crippen molar-refractivity contribution in [3.63, 3.8) is 0 Å². The van der Waals surface area contributed by atoms with Crippen molar-refractivity contribution in [2.45, 2.75) is 6.92 Å². The number of nitrogens with zero attached hydrogens (tertiary/aromatic N) is 2. The minimum Gasteiger partial charge on any atom is -0.369 e. The first-order valence-corrected chi connectivity index (χ1v) is 3.87. The Morgan fingerprint density at radius 2 is 2.31 bits per heavy atom. The van der Waals surface area contributed by atoms with Crippen molar-refractivity contribution in [3.8, 4) is 6.07 Å². The maximum atomic E-state index is 8.80. The largest absolute Gasteiger partial charge is 0.369 e. The van der Waals surface area contributed by atoms with Crippen LogP contribution < -0.4 is 5.73 Å². The summed E-state index contributed by atoms with van der Waals surface area (Å²) < 4.78 is 0. The molecule has 0 amide bonds. The van der Waals surface area contributed by atoms with Gasteiger partial charge in [-0.1, -0.05) is 6.07 Å². The number of nitrogens with two attached hydrogens (primary N) is 1. The van der Waals surface area contributed by atoms with Crippen molar-refractivity contribution in [3.05, 3.63) is 23.3 Å². The molecule has 0 aliphatic heterocycles. The lowest BCUT2D eigenvalue weighted by Crippen LogP contribution is -1.84. The van der Waals surface area contributed by atoms with Gasteiger partial charge in [-0.05, 0) is 18.6 Å². The zero-order valence-electron chi connectivity index (χ0n) is 7.13. The van der Waals surface area contributed by atoms with Gasteiger partial charge in [0.15, 0.2) is 5.95 Å². The van der Waals surface area contributed by atoms with Crippen LogP contribution in [0.5, 0.6) is 0 Å². The molecule has 0 saturated carbocycles. The van der Waals surface area contributed by atoms with Crippen LogP contribution in [-0.4, -0.2) is 9.97 Å². The molecule has 3 N–H and O–H groups in total. The number of fused-ring (bicyclic) bond motifs is 1. The van der Waals surface area contributed by atoms with Crippen LogP contribution in [0.4, 0.5) is 5.95 Å². The van der Waals surface area contributed by atoms with E-state index < -0.39 is 0 Å². The average molecular weight is 172 g/mol. The van der Waals surface area contributed by atoms with Crippen LogP contribution in [0, 0.1) is 18.3 Å². The Labute approximate surface area is 75.0 Å². The van der Waals surface area contributed by atoms with Crippen LogP contribution >= 0.6 is 0 Å². The number of hydrogen-bond acceptors (Lipinski definition) is 3. The quantitative estimate of drug-likeness (QED) is 0.629. The number of anilines is 1. The van der Waals surface area contributed by atoms with Gasteiger partial charge in [-0.25, -0.2) is 4.98 Å². The molecule has 0 aliphatic carbocycles. The Balaban J connectivity index is 2.94. The monoisotopic (exact) mass is 172 g/mol. The third-order valence-electron chi connectivity index (χ3n) is 1.99. The Kier molecular flexibility index (Phi) is 1.46. The fourth-order valence-electron chi connectivity index (χ4n) is 1.34. The second kappa shape index (κ2) is 2.49. The first-order valence-electron chi connectivity index (χ1n) is 3.87. The van der Waals surface area contributed by atoms with Crippen LogP contribution in [0.1, 0.15) is 11.1 Å². The SMILES string of the molecule is Cc1ccc(C#N)c2[nH]c(N)nc12. The molecule has 2 aromatic rings. The first kappa shape index (κ1) is 7.62. The summed E-state index contributed by atoms with van der Waals surface area (Å²) in [5.74, 6) is 0.348. The molecule has 0 unspecified atom stereocenters. The van der Waals surface area contributed by atoms with Crippen molar-refractivity contribution in [1.82, 2.24) is 9.97 Å². The number of imidazole rings is 1. The van der Waals surface area contributed by atoms with Crippen LogP contribution in [-0.2, 0) is 0 Å². The van der Waals surface area contributed by atoms with Gasteiger partial charge in [-0.3, -0.25) is 0 Å². The fraction of sp³-hybridized carbons (Fsp3) is 0.111. The third-order valence-corrected chi connectivity index (χ3v) is 1.99. The molecule has 2 rings (SSSR count). The van der Waals surface area contributed by atoms with Crippen LogP contribution in [0.2, 0.25) is 0 Å². The minimum absolute atomic E-state index is 0.348. The maximum absolute atomic E-state index is 8.80. The van der Waals surface area contributed by atoms with E-state index in [0.29, 0.717) is 11.5 Å². The summed E-state index contributed by atoms with van der Waals surface area (Å²) in [5.41, 5.74) is 8.59. The van der Waals surface area contributed by atoms with Gasteiger partial charge in [0.1, 0.15) is 6.07 Å². The van der Waals surface area contributed by atoms with E-state index in [1.54, 1.807) is 6.07 Å². The molecule has 0 aliphatic rings. The van der Waals surface area contributed by atoms with E-state index in [2.05, 4.69) is 16.0 Å². The molecule has 1 heterocycles. The Morgan fingerprint density at radius 1 is 1.54 bits per heavy atom. The summed E-state index contributed by atoms with van der Waals surface area (Å²) in [5, 5.41) is 8.80. The molecule has 0 atom stereocenters. The van der Waals surface area contributed by atoms with Gasteiger partial charge in [-0.15, -0.1) is 0 Å². The van der Waals surface area contributed by atoms with Crippen LogP contribution in [0.25, 0.3) is 11.0 Å². The molecule has 13 heavy (non-hydrogen) atoms. The van der Waals surface area contributed by atoms with Crippen molar-refractivity contribution in [2.75, 3.05) is 5.73 Å². The lowest BCUT2D eigenvalue weighted by Gasteiger charge is -1.94. The molecule has 64 valence electrons. The molecule has 0 radical (unpaired) electrons. The van der Waals surface area contributed by atoms with Crippen molar-refractivity contribution >= 4 is 17.0 Å². The maximum Gasteiger partial charge on any atom is 0.198 e. The molecular weight excluding hydrogens is 164 g/mol. The van der Waals surface area contributed by atoms with Gasteiger partial charge >= 0.3 is 0 Å². The normalized spacial score (nSPS) is 10.2. The molecule has 1 aromatic carbocycles. The van der Waals surface area contributed by atoms with Crippen molar-refractivity contribution < 1.29 is 0 Å². The molecule has 0 spiro atoms. The summed E-state index contributed by atoms with van der Waals surface area (Å²) in [6.07, 6.45) is 0. The van der Waals surface area contributed by atoms with Gasteiger partial charge in [0.25, 0.3) is 0 Å². The van der Waals surface area contributed by atoms with Gasteiger partial charge in [0.05, 0.1) is 16.6 Å². The highest BCUT2D eigenvalue weighted by Gasteiger charge is 2.06. The molecule has 0 saturated heterocycles. The van der Waals surface area contributed by atoms with E-state index in [9.17, 15) is 0 Å². The van der Waals surface area contributed by atoms with Crippen molar-refractivity contribution in [1.29, 1.82) is 5.26 Å². The Hall–Kier alpha value is -2.02. The number of hydrogen-bond donors (Lipinski definition) is 2. The summed E-state index contributed by atoms with van der Waals surface area (Å²) in [6, 6.07) is 5.71. The minimum atomic E-state index is 0.348. The Morgan fingerprint density at radius 3 is 3.00 bits per heavy atom. The Bertz CT molecular complexity index is 504. The number of H-pyrrole nitrogens is 1. The van der Waals surface area contributed by atoms with E-state index >= 15 is 0 Å². The second-order valence-corrected chi connectivity index (χ2v) is 2.89. The van der Waals surface area contributed by atoms with Gasteiger partial charge in [-0.2, -0.15) is 5.26 Å². The summed E-state index contributed by atoms with van der Waals surface area (Å²) in [7, 11) is 0. The predicted octanol–water partition coefficient (Wildman–Crippen LogP) is 1.33. The van der Waals surface area contributed by atoms with Gasteiger partial charge < -0.3 is 10.7 Å². The van der Waals surface area contributed by atoms with Gasteiger partial charge in [0, 0.05) is 0 Å². The van der Waals surface area contributed by atoms with E-state index in [1.165, 1.54) is 0 Å². The lowest BCUT2D eigenvalue weighted by atomic mass is 10.1. The number of nitrogen functional groups attached to an aromatic ring is 1. The number of aryl methyl sites for hydroxylation is 1. The number of nitrogens with one attached hydrogen (secondary N) is 1. The predicted molar refractivity (Wildman–Crippen MR) is 50.0 cm³/mol. The number of rotatable bonds is 0. The highest BCUT2D eigenvalue weighted by Crippen LogP contribution is 2.20. The summed E-state index contributed by atoms with van der Waals surface area (Å²) >= 11 is 0. The van der Waals surface area contributed by atoms with E-state index in [0.717, 1.165) is 16.6 Å². The van der Waals surface area contributed by atoms with E-state index in [4.69, 9.17) is 11.0 Å². The molecule has 1 aromatic heterocycles. The number of aromatic nitrogens is 2. The molecular formula is C9H8N4. The zero-order valence-corrected chi connectivity index (χ0v) is 7.13. The number of benzene rings is 1. The number of aromatic amines is 1. The highest BCUT2D eigenvalue weighted by molar-refractivity contribution is 5.85. The fourth-order valence-corrected chi connectivity index (χ4v) is 1.34. The first-order chi connectivity index (χ1) is 6.22. The highest BCUT2D eigenvalue weighted by atomic mass is 15.0. The van der Waals surface area contributed by atoms with E-state index in [1.807, 2.05) is 13.0 Å². The van der Waals surface area contributed by atoms with Gasteiger partial charge in [0.2, 0.25) is 0 Å². The van der Waals surface area contributed by atoms with Crippen LogP contribution in [0.3, 0.4) is 0 Å². The molecule has 4 heteroatoms. The smallest absolute Gasteiger partial charge is 0.198 e.